The minimum atomic E-state index is -0.437. The van der Waals surface area contributed by atoms with Crippen molar-refractivity contribution in [3.63, 3.8) is 0 Å². The van der Waals surface area contributed by atoms with Gasteiger partial charge in [-0.05, 0) is 29.6 Å². The number of carbonyl (C=O) groups excluding carboxylic acids is 1. The third kappa shape index (κ3) is 3.47. The van der Waals surface area contributed by atoms with Gasteiger partial charge in [0, 0.05) is 9.90 Å². The van der Waals surface area contributed by atoms with E-state index in [1.54, 1.807) is 17.4 Å². The molecule has 0 aliphatic carbocycles. The summed E-state index contributed by atoms with van der Waals surface area (Å²) in [5.74, 6) is -0.00653. The summed E-state index contributed by atoms with van der Waals surface area (Å²) in [6.45, 7) is 0. The van der Waals surface area contributed by atoms with E-state index in [1.165, 1.54) is 12.1 Å². The Labute approximate surface area is 139 Å². The third-order valence-electron chi connectivity index (χ3n) is 2.77. The summed E-state index contributed by atoms with van der Waals surface area (Å²) < 4.78 is 5.40. The van der Waals surface area contributed by atoms with Gasteiger partial charge in [0.25, 0.3) is 5.91 Å². The van der Waals surface area contributed by atoms with Gasteiger partial charge in [0.2, 0.25) is 5.89 Å². The van der Waals surface area contributed by atoms with Crippen LogP contribution in [-0.2, 0) is 6.42 Å². The second-order valence-corrected chi connectivity index (χ2v) is 6.21. The highest BCUT2D eigenvalue weighted by Crippen LogP contribution is 2.22. The number of hydrogen-bond acceptors (Lipinski definition) is 5. The molecular weight excluding hydrogens is 345 g/mol. The van der Waals surface area contributed by atoms with Gasteiger partial charge in [0.15, 0.2) is 0 Å². The molecule has 8 heteroatoms. The van der Waals surface area contributed by atoms with Crippen LogP contribution in [0.25, 0.3) is 0 Å². The number of nitrogens with zero attached hydrogens (tertiary/aromatic N) is 2. The van der Waals surface area contributed by atoms with Gasteiger partial charge in [0.1, 0.15) is 0 Å². The molecule has 3 rings (SSSR count). The maximum atomic E-state index is 12.1. The number of hydrogen-bond donors (Lipinski definition) is 1. The Balaban J connectivity index is 1.70. The average molecular weight is 354 g/mol. The number of anilines is 1. The molecular formula is C14H9Cl2N3O2S. The van der Waals surface area contributed by atoms with Crippen LogP contribution in [0.15, 0.2) is 40.1 Å². The second kappa shape index (κ2) is 6.48. The van der Waals surface area contributed by atoms with E-state index in [0.29, 0.717) is 17.3 Å². The standard InChI is InChI=1S/C14H9Cl2N3O2S/c15-8-3-4-10(11(16)6-8)13(20)17-14-19-18-12(21-14)7-9-2-1-5-22-9/h1-6H,7H2,(H,17,19,20). The first-order chi connectivity index (χ1) is 10.6. The first-order valence-electron chi connectivity index (χ1n) is 6.23. The predicted molar refractivity (Wildman–Crippen MR) is 85.8 cm³/mol. The minimum absolute atomic E-state index is 0.0302. The number of rotatable bonds is 4. The molecule has 0 fully saturated rings. The molecule has 0 aliphatic rings. The summed E-state index contributed by atoms with van der Waals surface area (Å²) in [4.78, 5) is 13.2. The Morgan fingerprint density at radius 2 is 2.14 bits per heavy atom. The zero-order valence-electron chi connectivity index (χ0n) is 11.0. The fraction of sp³-hybridized carbons (Fsp3) is 0.0714. The highest BCUT2D eigenvalue weighted by atomic mass is 35.5. The van der Waals surface area contributed by atoms with Crippen LogP contribution in [0, 0.1) is 0 Å². The molecule has 0 unspecified atom stereocenters. The Hall–Kier alpha value is -1.89. The van der Waals surface area contributed by atoms with Crippen LogP contribution in [0.3, 0.4) is 0 Å². The van der Waals surface area contributed by atoms with Crippen molar-refractivity contribution in [1.29, 1.82) is 0 Å². The highest BCUT2D eigenvalue weighted by molar-refractivity contribution is 7.09. The Bertz CT molecular complexity index is 802. The fourth-order valence-electron chi connectivity index (χ4n) is 1.78. The monoisotopic (exact) mass is 353 g/mol. The topological polar surface area (TPSA) is 68.0 Å². The Morgan fingerprint density at radius 3 is 2.86 bits per heavy atom. The molecule has 1 amide bonds. The van der Waals surface area contributed by atoms with Gasteiger partial charge in [-0.3, -0.25) is 10.1 Å². The molecule has 2 aromatic heterocycles. The van der Waals surface area contributed by atoms with E-state index in [2.05, 4.69) is 15.5 Å². The highest BCUT2D eigenvalue weighted by Gasteiger charge is 2.15. The van der Waals surface area contributed by atoms with E-state index in [9.17, 15) is 4.79 Å². The molecule has 1 aromatic carbocycles. The molecule has 3 aromatic rings. The van der Waals surface area contributed by atoms with E-state index in [-0.39, 0.29) is 16.6 Å². The van der Waals surface area contributed by atoms with E-state index >= 15 is 0 Å². The van der Waals surface area contributed by atoms with E-state index in [0.717, 1.165) is 4.88 Å². The van der Waals surface area contributed by atoms with Crippen LogP contribution in [0.2, 0.25) is 10.0 Å². The van der Waals surface area contributed by atoms with Gasteiger partial charge in [-0.2, -0.15) is 0 Å². The largest absolute Gasteiger partial charge is 0.407 e. The average Bonchev–Trinajstić information content (AvgIpc) is 3.11. The third-order valence-corrected chi connectivity index (χ3v) is 4.19. The Kier molecular flexibility index (Phi) is 4.42. The molecule has 0 radical (unpaired) electrons. The first kappa shape index (κ1) is 15.0. The lowest BCUT2D eigenvalue weighted by Crippen LogP contribution is -2.12. The van der Waals surface area contributed by atoms with Crippen molar-refractivity contribution in [2.45, 2.75) is 6.42 Å². The van der Waals surface area contributed by atoms with Crippen molar-refractivity contribution >= 4 is 46.5 Å². The number of amides is 1. The lowest BCUT2D eigenvalue weighted by Gasteiger charge is -2.03. The van der Waals surface area contributed by atoms with Gasteiger partial charge in [0.05, 0.1) is 17.0 Å². The number of thiophene rings is 1. The molecule has 0 atom stereocenters. The van der Waals surface area contributed by atoms with Crippen LogP contribution in [0.5, 0.6) is 0 Å². The van der Waals surface area contributed by atoms with Crippen LogP contribution in [-0.4, -0.2) is 16.1 Å². The van der Waals surface area contributed by atoms with Crippen molar-refractivity contribution in [2.24, 2.45) is 0 Å². The molecule has 0 aliphatic heterocycles. The SMILES string of the molecule is O=C(Nc1nnc(Cc2cccs2)o1)c1ccc(Cl)cc1Cl. The van der Waals surface area contributed by atoms with Crippen molar-refractivity contribution in [2.75, 3.05) is 5.32 Å². The van der Waals surface area contributed by atoms with Crippen LogP contribution >= 0.6 is 34.5 Å². The van der Waals surface area contributed by atoms with Crippen LogP contribution < -0.4 is 5.32 Å². The summed E-state index contributed by atoms with van der Waals surface area (Å²) >= 11 is 13.4. The number of aromatic nitrogens is 2. The lowest BCUT2D eigenvalue weighted by atomic mass is 10.2. The molecule has 2 heterocycles. The number of halogens is 2. The lowest BCUT2D eigenvalue weighted by molar-refractivity contribution is 0.102. The zero-order chi connectivity index (χ0) is 15.5. The number of benzene rings is 1. The Morgan fingerprint density at radius 1 is 1.27 bits per heavy atom. The van der Waals surface area contributed by atoms with E-state index in [4.69, 9.17) is 27.6 Å². The van der Waals surface area contributed by atoms with Crippen molar-refractivity contribution in [3.05, 3.63) is 62.1 Å². The quantitative estimate of drug-likeness (QED) is 0.759. The molecule has 0 saturated heterocycles. The summed E-state index contributed by atoms with van der Waals surface area (Å²) in [6.07, 6.45) is 0.530. The van der Waals surface area contributed by atoms with Gasteiger partial charge < -0.3 is 4.42 Å². The molecule has 112 valence electrons. The summed E-state index contributed by atoms with van der Waals surface area (Å²) in [5, 5.41) is 12.9. The fourth-order valence-corrected chi connectivity index (χ4v) is 2.97. The van der Waals surface area contributed by atoms with Gasteiger partial charge in [-0.1, -0.05) is 34.4 Å². The first-order valence-corrected chi connectivity index (χ1v) is 7.86. The molecule has 0 saturated carbocycles. The van der Waals surface area contributed by atoms with Gasteiger partial charge >= 0.3 is 6.01 Å². The van der Waals surface area contributed by atoms with E-state index in [1.807, 2.05) is 17.5 Å². The number of nitrogens with one attached hydrogen (secondary N) is 1. The molecule has 0 spiro atoms. The maximum absolute atomic E-state index is 12.1. The zero-order valence-corrected chi connectivity index (χ0v) is 13.4. The molecule has 5 nitrogen and oxygen atoms in total. The summed E-state index contributed by atoms with van der Waals surface area (Å²) in [7, 11) is 0. The van der Waals surface area contributed by atoms with Crippen molar-refractivity contribution < 1.29 is 9.21 Å². The summed E-state index contributed by atoms with van der Waals surface area (Å²) in [5.41, 5.74) is 0.282. The number of carbonyl (C=O) groups is 1. The van der Waals surface area contributed by atoms with Gasteiger partial charge in [-0.25, -0.2) is 0 Å². The van der Waals surface area contributed by atoms with Crippen LogP contribution in [0.1, 0.15) is 21.1 Å². The van der Waals surface area contributed by atoms with Gasteiger partial charge in [-0.15, -0.1) is 16.4 Å². The van der Waals surface area contributed by atoms with E-state index < -0.39 is 5.91 Å². The molecule has 0 bridgehead atoms. The normalized spacial score (nSPS) is 10.6. The summed E-state index contributed by atoms with van der Waals surface area (Å²) in [6, 6.07) is 8.56. The molecule has 1 N–H and O–H groups in total. The van der Waals surface area contributed by atoms with Crippen LogP contribution in [0.4, 0.5) is 6.01 Å². The van der Waals surface area contributed by atoms with Crippen molar-refractivity contribution in [3.8, 4) is 0 Å². The minimum Gasteiger partial charge on any atom is -0.407 e. The maximum Gasteiger partial charge on any atom is 0.322 e. The van der Waals surface area contributed by atoms with Crippen molar-refractivity contribution in [1.82, 2.24) is 10.2 Å². The smallest absolute Gasteiger partial charge is 0.322 e. The second-order valence-electron chi connectivity index (χ2n) is 4.34. The molecule has 22 heavy (non-hydrogen) atoms. The predicted octanol–water partition coefficient (Wildman–Crippen LogP) is 4.28.